The first-order valence-electron chi connectivity index (χ1n) is 8.60. The molecule has 5 heteroatoms. The number of hydrogen-bond donors (Lipinski definition) is 0. The second-order valence-electron chi connectivity index (χ2n) is 7.87. The van der Waals surface area contributed by atoms with Crippen molar-refractivity contribution in [1.29, 1.82) is 0 Å². The van der Waals surface area contributed by atoms with E-state index in [1.165, 1.54) is 6.92 Å². The Bertz CT molecular complexity index is 520. The fraction of sp³-hybridized carbons (Fsp3) is 0.789. The molecule has 2 aliphatic carbocycles. The standard InChI is InChI=1S/C19H30O5/c1-12(21)24-16-9-10-19(4)14(11-20)13(17(22-5)23-6)7-8-15(19)18(16,2)3/h7,11,14-17H,8-10H2,1-6H3. The molecule has 0 heterocycles. The van der Waals surface area contributed by atoms with E-state index >= 15 is 0 Å². The molecule has 0 N–H and O–H groups in total. The zero-order valence-electron chi connectivity index (χ0n) is 15.6. The second-order valence-corrected chi connectivity index (χ2v) is 7.87. The summed E-state index contributed by atoms with van der Waals surface area (Å²) in [4.78, 5) is 23.5. The summed E-state index contributed by atoms with van der Waals surface area (Å²) in [5.74, 6) is -0.246. The second kappa shape index (κ2) is 6.96. The molecule has 0 spiro atoms. The number of methoxy groups -OCH3 is 2. The molecular formula is C19H30O5. The minimum Gasteiger partial charge on any atom is -0.462 e. The Kier molecular flexibility index (Phi) is 5.55. The molecule has 0 aromatic rings. The zero-order valence-corrected chi connectivity index (χ0v) is 15.6. The van der Waals surface area contributed by atoms with Crippen LogP contribution in [0.15, 0.2) is 11.6 Å². The first-order chi connectivity index (χ1) is 11.2. The molecule has 0 aromatic heterocycles. The molecule has 1 fully saturated rings. The number of rotatable bonds is 5. The molecule has 1 saturated carbocycles. The zero-order chi connectivity index (χ0) is 18.1. The minimum absolute atomic E-state index is 0.115. The Morgan fingerprint density at radius 1 is 1.29 bits per heavy atom. The summed E-state index contributed by atoms with van der Waals surface area (Å²) < 4.78 is 16.4. The van der Waals surface area contributed by atoms with Crippen LogP contribution in [-0.4, -0.2) is 38.9 Å². The van der Waals surface area contributed by atoms with E-state index in [9.17, 15) is 9.59 Å². The van der Waals surface area contributed by atoms with Crippen molar-refractivity contribution in [3.05, 3.63) is 11.6 Å². The topological polar surface area (TPSA) is 61.8 Å². The van der Waals surface area contributed by atoms with Gasteiger partial charge in [-0.15, -0.1) is 0 Å². The van der Waals surface area contributed by atoms with E-state index in [-0.39, 0.29) is 34.7 Å². The largest absolute Gasteiger partial charge is 0.462 e. The predicted octanol–water partition coefficient (Wildman–Crippen LogP) is 3.12. The van der Waals surface area contributed by atoms with Crippen LogP contribution < -0.4 is 0 Å². The van der Waals surface area contributed by atoms with Crippen LogP contribution in [0.4, 0.5) is 0 Å². The van der Waals surface area contributed by atoms with Crippen LogP contribution in [-0.2, 0) is 23.8 Å². The molecule has 0 radical (unpaired) electrons. The van der Waals surface area contributed by atoms with E-state index in [2.05, 4.69) is 26.8 Å². The maximum atomic E-state index is 12.0. The van der Waals surface area contributed by atoms with Crippen molar-refractivity contribution in [2.24, 2.45) is 22.7 Å². The monoisotopic (exact) mass is 338 g/mol. The van der Waals surface area contributed by atoms with Gasteiger partial charge in [-0.05, 0) is 36.2 Å². The predicted molar refractivity (Wildman–Crippen MR) is 90.2 cm³/mol. The van der Waals surface area contributed by atoms with Crippen LogP contribution in [0.3, 0.4) is 0 Å². The highest BCUT2D eigenvalue weighted by Crippen LogP contribution is 2.60. The molecule has 2 aliphatic rings. The first-order valence-corrected chi connectivity index (χ1v) is 8.60. The highest BCUT2D eigenvalue weighted by atomic mass is 16.7. The summed E-state index contributed by atoms with van der Waals surface area (Å²) in [6.07, 6.45) is 4.93. The van der Waals surface area contributed by atoms with Crippen LogP contribution in [0.2, 0.25) is 0 Å². The average molecular weight is 338 g/mol. The smallest absolute Gasteiger partial charge is 0.302 e. The lowest BCUT2D eigenvalue weighted by atomic mass is 9.48. The Labute approximate surface area is 144 Å². The number of aldehydes is 1. The van der Waals surface area contributed by atoms with Crippen molar-refractivity contribution >= 4 is 12.3 Å². The molecule has 0 amide bonds. The molecule has 4 unspecified atom stereocenters. The van der Waals surface area contributed by atoms with E-state index in [1.807, 2.05) is 0 Å². The lowest BCUT2D eigenvalue weighted by molar-refractivity contribution is -0.174. The summed E-state index contributed by atoms with van der Waals surface area (Å²) in [6, 6.07) is 0. The van der Waals surface area contributed by atoms with Crippen molar-refractivity contribution in [1.82, 2.24) is 0 Å². The van der Waals surface area contributed by atoms with E-state index in [0.29, 0.717) is 0 Å². The van der Waals surface area contributed by atoms with Gasteiger partial charge in [0.15, 0.2) is 6.29 Å². The molecule has 0 bridgehead atoms. The number of ether oxygens (including phenoxy) is 3. The van der Waals surface area contributed by atoms with Gasteiger partial charge in [0.25, 0.3) is 0 Å². The van der Waals surface area contributed by atoms with Crippen LogP contribution in [0, 0.1) is 22.7 Å². The van der Waals surface area contributed by atoms with Gasteiger partial charge in [-0.1, -0.05) is 26.8 Å². The van der Waals surface area contributed by atoms with Gasteiger partial charge < -0.3 is 19.0 Å². The quantitative estimate of drug-likeness (QED) is 0.333. The molecule has 0 aromatic carbocycles. The maximum Gasteiger partial charge on any atom is 0.302 e. The number of carbonyl (C=O) groups is 2. The third-order valence-electron chi connectivity index (χ3n) is 6.27. The molecule has 0 aliphatic heterocycles. The Hall–Kier alpha value is -1.20. The van der Waals surface area contributed by atoms with Gasteiger partial charge >= 0.3 is 5.97 Å². The summed E-state index contributed by atoms with van der Waals surface area (Å²) in [6.45, 7) is 7.93. The highest BCUT2D eigenvalue weighted by molar-refractivity contribution is 5.66. The van der Waals surface area contributed by atoms with Gasteiger partial charge in [0, 0.05) is 32.5 Å². The summed E-state index contributed by atoms with van der Waals surface area (Å²) in [5, 5.41) is 0. The summed E-state index contributed by atoms with van der Waals surface area (Å²) >= 11 is 0. The first kappa shape index (κ1) is 19.1. The minimum atomic E-state index is -0.493. The number of fused-ring (bicyclic) bond motifs is 1. The van der Waals surface area contributed by atoms with E-state index in [0.717, 1.165) is 31.1 Å². The summed E-state index contributed by atoms with van der Waals surface area (Å²) in [7, 11) is 3.18. The highest BCUT2D eigenvalue weighted by Gasteiger charge is 2.57. The maximum absolute atomic E-state index is 12.0. The van der Waals surface area contributed by atoms with Crippen molar-refractivity contribution in [3.8, 4) is 0 Å². The third-order valence-corrected chi connectivity index (χ3v) is 6.27. The summed E-state index contributed by atoms with van der Waals surface area (Å²) in [5.41, 5.74) is 0.522. The molecule has 0 saturated heterocycles. The van der Waals surface area contributed by atoms with Crippen molar-refractivity contribution in [3.63, 3.8) is 0 Å². The fourth-order valence-corrected chi connectivity index (χ4v) is 5.03. The number of carbonyl (C=O) groups excluding carboxylic acids is 2. The molecule has 2 rings (SSSR count). The molecule has 24 heavy (non-hydrogen) atoms. The van der Waals surface area contributed by atoms with Crippen molar-refractivity contribution < 1.29 is 23.8 Å². The lowest BCUT2D eigenvalue weighted by Gasteiger charge is -2.58. The van der Waals surface area contributed by atoms with Gasteiger partial charge in [0.1, 0.15) is 12.4 Å². The molecular weight excluding hydrogens is 308 g/mol. The van der Waals surface area contributed by atoms with Crippen LogP contribution in [0.5, 0.6) is 0 Å². The molecule has 4 atom stereocenters. The Morgan fingerprint density at radius 3 is 2.42 bits per heavy atom. The SMILES string of the molecule is COC(OC)C1=CCC2C(C)(C)C(OC(C)=O)CCC2(C)C1C=O. The number of allylic oxidation sites excluding steroid dienone is 1. The van der Waals surface area contributed by atoms with Crippen LogP contribution in [0.1, 0.15) is 47.0 Å². The van der Waals surface area contributed by atoms with Gasteiger partial charge in [0.05, 0.1) is 0 Å². The van der Waals surface area contributed by atoms with Crippen molar-refractivity contribution in [2.75, 3.05) is 14.2 Å². The van der Waals surface area contributed by atoms with Gasteiger partial charge in [-0.25, -0.2) is 0 Å². The molecule has 136 valence electrons. The Balaban J connectivity index is 2.40. The Morgan fingerprint density at radius 2 is 1.92 bits per heavy atom. The average Bonchev–Trinajstić information content (AvgIpc) is 2.51. The van der Waals surface area contributed by atoms with E-state index in [1.54, 1.807) is 14.2 Å². The van der Waals surface area contributed by atoms with Crippen LogP contribution >= 0.6 is 0 Å². The van der Waals surface area contributed by atoms with Crippen LogP contribution in [0.25, 0.3) is 0 Å². The molecule has 5 nitrogen and oxygen atoms in total. The number of esters is 1. The van der Waals surface area contributed by atoms with Crippen molar-refractivity contribution in [2.45, 2.75) is 59.4 Å². The normalized spacial score (nSPS) is 35.1. The van der Waals surface area contributed by atoms with Gasteiger partial charge in [-0.3, -0.25) is 4.79 Å². The van der Waals surface area contributed by atoms with Gasteiger partial charge in [-0.2, -0.15) is 0 Å². The van der Waals surface area contributed by atoms with Gasteiger partial charge in [0.2, 0.25) is 0 Å². The number of hydrogen-bond acceptors (Lipinski definition) is 5. The van der Waals surface area contributed by atoms with E-state index < -0.39 is 6.29 Å². The van der Waals surface area contributed by atoms with E-state index in [4.69, 9.17) is 14.2 Å². The lowest BCUT2D eigenvalue weighted by Crippen LogP contribution is -2.56. The third kappa shape index (κ3) is 3.04. The fourth-order valence-electron chi connectivity index (χ4n) is 5.03.